The van der Waals surface area contributed by atoms with Crippen molar-refractivity contribution in [1.29, 1.82) is 0 Å². The molecule has 3 aromatic carbocycles. The zero-order chi connectivity index (χ0) is 21.1. The number of carbonyl (C=O) groups excluding carboxylic acids is 1. The van der Waals surface area contributed by atoms with Gasteiger partial charge in [-0.1, -0.05) is 48.3 Å². The Balaban J connectivity index is 1.72. The molecule has 2 N–H and O–H groups in total. The quantitative estimate of drug-likeness (QED) is 0.454. The minimum atomic E-state index is -0.990. The second-order valence-corrected chi connectivity index (χ2v) is 8.23. The van der Waals surface area contributed by atoms with Crippen molar-refractivity contribution in [2.24, 2.45) is 0 Å². The fourth-order valence-corrected chi connectivity index (χ4v) is 4.13. The lowest BCUT2D eigenvalue weighted by Gasteiger charge is -2.30. The molecule has 0 spiro atoms. The average Bonchev–Trinajstić information content (AvgIpc) is 2.98. The van der Waals surface area contributed by atoms with Gasteiger partial charge >= 0.3 is 0 Å². The monoisotopic (exact) mass is 440 g/mol. The van der Waals surface area contributed by atoms with E-state index in [1.165, 1.54) is 0 Å². The van der Waals surface area contributed by atoms with E-state index in [4.69, 9.17) is 27.9 Å². The Hall–Kier alpha value is -2.69. The SMILES string of the molecule is CCCOc1ccc(NC2(Cc3cccc(Cl)c3)C(=O)Nc3cc(Cl)ccc32)cc1. The van der Waals surface area contributed by atoms with Gasteiger partial charge in [0.2, 0.25) is 0 Å². The fraction of sp³-hybridized carbons (Fsp3) is 0.208. The smallest absolute Gasteiger partial charge is 0.255 e. The molecule has 1 amide bonds. The second kappa shape index (κ2) is 8.58. The number of hydrogen-bond donors (Lipinski definition) is 2. The average molecular weight is 441 g/mol. The van der Waals surface area contributed by atoms with E-state index in [2.05, 4.69) is 17.6 Å². The van der Waals surface area contributed by atoms with E-state index in [1.807, 2.05) is 54.6 Å². The van der Waals surface area contributed by atoms with Crippen LogP contribution in [0.1, 0.15) is 24.5 Å². The molecule has 1 atom stereocenters. The number of hydrogen-bond acceptors (Lipinski definition) is 3. The van der Waals surface area contributed by atoms with Crippen LogP contribution in [0.2, 0.25) is 10.0 Å². The molecule has 30 heavy (non-hydrogen) atoms. The summed E-state index contributed by atoms with van der Waals surface area (Å²) in [5, 5.41) is 7.67. The minimum absolute atomic E-state index is 0.133. The Bertz CT molecular complexity index is 1070. The molecular weight excluding hydrogens is 419 g/mol. The molecule has 6 heteroatoms. The predicted octanol–water partition coefficient (Wildman–Crippen LogP) is 6.28. The molecule has 3 aromatic rings. The summed E-state index contributed by atoms with van der Waals surface area (Å²) in [5.74, 6) is 0.667. The lowest BCUT2D eigenvalue weighted by atomic mass is 9.84. The molecule has 1 aliphatic rings. The third-order valence-electron chi connectivity index (χ3n) is 5.12. The first-order chi connectivity index (χ1) is 14.5. The molecule has 154 valence electrons. The lowest BCUT2D eigenvalue weighted by molar-refractivity contribution is -0.119. The highest BCUT2D eigenvalue weighted by Crippen LogP contribution is 2.42. The van der Waals surface area contributed by atoms with Crippen LogP contribution in [0.25, 0.3) is 0 Å². The lowest BCUT2D eigenvalue weighted by Crippen LogP contribution is -2.44. The predicted molar refractivity (Wildman–Crippen MR) is 123 cm³/mol. The number of ether oxygens (including phenoxy) is 1. The molecular formula is C24H22Cl2N2O2. The summed E-state index contributed by atoms with van der Waals surface area (Å²) in [7, 11) is 0. The molecule has 0 bridgehead atoms. The number of halogens is 2. The van der Waals surface area contributed by atoms with Crippen molar-refractivity contribution >= 4 is 40.5 Å². The molecule has 1 unspecified atom stereocenters. The number of anilines is 2. The van der Waals surface area contributed by atoms with Gasteiger partial charge in [0, 0.05) is 33.4 Å². The van der Waals surface area contributed by atoms with Crippen molar-refractivity contribution < 1.29 is 9.53 Å². The van der Waals surface area contributed by atoms with Crippen LogP contribution >= 0.6 is 23.2 Å². The van der Waals surface area contributed by atoms with Crippen LogP contribution in [-0.4, -0.2) is 12.5 Å². The van der Waals surface area contributed by atoms with Crippen molar-refractivity contribution in [1.82, 2.24) is 0 Å². The summed E-state index contributed by atoms with van der Waals surface area (Å²) in [6.45, 7) is 2.74. The zero-order valence-electron chi connectivity index (χ0n) is 16.5. The van der Waals surface area contributed by atoms with Gasteiger partial charge in [0.15, 0.2) is 0 Å². The molecule has 0 saturated heterocycles. The number of rotatable bonds is 7. The summed E-state index contributed by atoms with van der Waals surface area (Å²) in [4.78, 5) is 13.3. The summed E-state index contributed by atoms with van der Waals surface area (Å²) < 4.78 is 5.67. The molecule has 0 fully saturated rings. The Kier molecular flexibility index (Phi) is 5.89. The van der Waals surface area contributed by atoms with Crippen LogP contribution in [0.4, 0.5) is 11.4 Å². The second-order valence-electron chi connectivity index (χ2n) is 7.35. The summed E-state index contributed by atoms with van der Waals surface area (Å²) in [6, 6.07) is 20.7. The van der Waals surface area contributed by atoms with Crippen molar-refractivity contribution in [3.8, 4) is 5.75 Å². The fourth-order valence-electron chi connectivity index (χ4n) is 3.74. The van der Waals surface area contributed by atoms with E-state index in [1.54, 1.807) is 12.1 Å². The van der Waals surface area contributed by atoms with Crippen molar-refractivity contribution in [2.45, 2.75) is 25.3 Å². The Labute approximate surface area is 186 Å². The topological polar surface area (TPSA) is 50.4 Å². The van der Waals surface area contributed by atoms with Crippen molar-refractivity contribution in [2.75, 3.05) is 17.2 Å². The van der Waals surface area contributed by atoms with Gasteiger partial charge in [-0.05, 0) is 60.5 Å². The van der Waals surface area contributed by atoms with E-state index in [9.17, 15) is 4.79 Å². The first-order valence-electron chi connectivity index (χ1n) is 9.87. The molecule has 4 nitrogen and oxygen atoms in total. The van der Waals surface area contributed by atoms with E-state index < -0.39 is 5.54 Å². The van der Waals surface area contributed by atoms with Gasteiger partial charge in [-0.2, -0.15) is 0 Å². The van der Waals surface area contributed by atoms with E-state index in [-0.39, 0.29) is 5.91 Å². The van der Waals surface area contributed by atoms with Gasteiger partial charge < -0.3 is 15.4 Å². The van der Waals surface area contributed by atoms with Crippen molar-refractivity contribution in [3.63, 3.8) is 0 Å². The van der Waals surface area contributed by atoms with E-state index >= 15 is 0 Å². The maximum atomic E-state index is 13.3. The van der Waals surface area contributed by atoms with E-state index in [0.717, 1.165) is 29.0 Å². The van der Waals surface area contributed by atoms with Crippen molar-refractivity contribution in [3.05, 3.63) is 87.9 Å². The molecule has 1 heterocycles. The number of fused-ring (bicyclic) bond motifs is 1. The van der Waals surface area contributed by atoms with Crippen LogP contribution < -0.4 is 15.4 Å². The van der Waals surface area contributed by atoms with E-state index in [0.29, 0.717) is 28.8 Å². The van der Waals surface area contributed by atoms with Gasteiger partial charge in [-0.15, -0.1) is 0 Å². The Morgan fingerprint density at radius 2 is 1.77 bits per heavy atom. The summed E-state index contributed by atoms with van der Waals surface area (Å²) in [6.07, 6.45) is 1.38. The number of amides is 1. The molecule has 1 aliphatic heterocycles. The van der Waals surface area contributed by atoms with Crippen LogP contribution in [0.5, 0.6) is 5.75 Å². The molecule has 0 radical (unpaired) electrons. The van der Waals surface area contributed by atoms with Crippen LogP contribution in [0.3, 0.4) is 0 Å². The highest BCUT2D eigenvalue weighted by Gasteiger charge is 2.47. The molecule has 0 saturated carbocycles. The van der Waals surface area contributed by atoms with Gasteiger partial charge in [-0.25, -0.2) is 0 Å². The van der Waals surface area contributed by atoms with Crippen LogP contribution in [0, 0.1) is 0 Å². The highest BCUT2D eigenvalue weighted by molar-refractivity contribution is 6.31. The largest absolute Gasteiger partial charge is 0.494 e. The summed E-state index contributed by atoms with van der Waals surface area (Å²) in [5.41, 5.74) is 2.35. The third-order valence-corrected chi connectivity index (χ3v) is 5.59. The Morgan fingerprint density at radius 3 is 2.50 bits per heavy atom. The molecule has 4 rings (SSSR count). The maximum absolute atomic E-state index is 13.3. The van der Waals surface area contributed by atoms with Gasteiger partial charge in [0.1, 0.15) is 11.3 Å². The number of benzene rings is 3. The molecule has 0 aliphatic carbocycles. The van der Waals surface area contributed by atoms with Gasteiger partial charge in [-0.3, -0.25) is 4.79 Å². The normalized spacial score (nSPS) is 17.4. The van der Waals surface area contributed by atoms with Gasteiger partial charge in [0.25, 0.3) is 5.91 Å². The molecule has 0 aromatic heterocycles. The minimum Gasteiger partial charge on any atom is -0.494 e. The zero-order valence-corrected chi connectivity index (χ0v) is 18.1. The highest BCUT2D eigenvalue weighted by atomic mass is 35.5. The van der Waals surface area contributed by atoms with Crippen LogP contribution in [-0.2, 0) is 16.8 Å². The third kappa shape index (κ3) is 4.11. The summed E-state index contributed by atoms with van der Waals surface area (Å²) >= 11 is 12.4. The van der Waals surface area contributed by atoms with Crippen LogP contribution in [0.15, 0.2) is 66.7 Å². The first-order valence-corrected chi connectivity index (χ1v) is 10.6. The standard InChI is InChI=1S/C24H22Cl2N2O2/c1-2-12-30-20-9-7-19(8-10-20)28-24(15-16-4-3-5-17(25)13-16)21-11-6-18(26)14-22(21)27-23(24)29/h3-11,13-14,28H,2,12,15H2,1H3,(H,27,29). The number of nitrogens with one attached hydrogen (secondary N) is 2. The maximum Gasteiger partial charge on any atom is 0.255 e. The Morgan fingerprint density at radius 1 is 1.00 bits per heavy atom. The number of carbonyl (C=O) groups is 1. The van der Waals surface area contributed by atoms with Gasteiger partial charge in [0.05, 0.1) is 6.61 Å². The first kappa shape index (κ1) is 20.6.